The molecule has 9 heteroatoms. The van der Waals surface area contributed by atoms with Crippen molar-refractivity contribution in [2.75, 3.05) is 5.32 Å². The zero-order valence-electron chi connectivity index (χ0n) is 15.9. The highest BCUT2D eigenvalue weighted by molar-refractivity contribution is 5.91. The maximum atomic E-state index is 13.0. The van der Waals surface area contributed by atoms with Crippen molar-refractivity contribution < 1.29 is 9.18 Å². The lowest BCUT2D eigenvalue weighted by Crippen LogP contribution is -2.21. The molecule has 0 atom stereocenters. The van der Waals surface area contributed by atoms with Gasteiger partial charge >= 0.3 is 0 Å². The number of nitrogens with zero attached hydrogens (tertiary/aromatic N) is 6. The lowest BCUT2D eigenvalue weighted by molar-refractivity contribution is -0.117. The van der Waals surface area contributed by atoms with Gasteiger partial charge < -0.3 is 5.32 Å². The number of aryl methyl sites for hydroxylation is 1. The second-order valence-corrected chi connectivity index (χ2v) is 6.49. The van der Waals surface area contributed by atoms with Gasteiger partial charge in [0.25, 0.3) is 0 Å². The molecule has 2 aromatic heterocycles. The number of hydrogen-bond donors (Lipinski definition) is 1. The SMILES string of the molecule is Cc1nn(-c2ccccc2)c(C)c1NC(=O)Cn1nnc(-c2ccc(F)cc2)n1. The molecule has 4 aromatic rings. The van der Waals surface area contributed by atoms with Gasteiger partial charge in [-0.15, -0.1) is 10.2 Å². The van der Waals surface area contributed by atoms with Crippen LogP contribution in [0.2, 0.25) is 0 Å². The Morgan fingerprint density at radius 3 is 2.48 bits per heavy atom. The Kier molecular flexibility index (Phi) is 4.86. The average Bonchev–Trinajstić information content (AvgIpc) is 3.29. The molecule has 0 saturated heterocycles. The summed E-state index contributed by atoms with van der Waals surface area (Å²) in [5.74, 6) is -0.323. The maximum absolute atomic E-state index is 13.0. The summed E-state index contributed by atoms with van der Waals surface area (Å²) in [6.07, 6.45) is 0. The first-order chi connectivity index (χ1) is 14.0. The van der Waals surface area contributed by atoms with Gasteiger partial charge in [0, 0.05) is 5.56 Å². The van der Waals surface area contributed by atoms with Gasteiger partial charge in [-0.05, 0) is 55.5 Å². The largest absolute Gasteiger partial charge is 0.321 e. The van der Waals surface area contributed by atoms with Gasteiger partial charge in [0.1, 0.15) is 12.4 Å². The van der Waals surface area contributed by atoms with E-state index in [1.165, 1.54) is 16.9 Å². The number of aromatic nitrogens is 6. The van der Waals surface area contributed by atoms with Crippen LogP contribution in [0.25, 0.3) is 17.1 Å². The summed E-state index contributed by atoms with van der Waals surface area (Å²) in [5.41, 5.74) is 3.71. The molecule has 1 N–H and O–H groups in total. The fraction of sp³-hybridized carbons (Fsp3) is 0.150. The van der Waals surface area contributed by atoms with Crippen LogP contribution in [0.15, 0.2) is 54.6 Å². The molecule has 0 bridgehead atoms. The van der Waals surface area contributed by atoms with Gasteiger partial charge in [-0.3, -0.25) is 4.79 Å². The van der Waals surface area contributed by atoms with Crippen molar-refractivity contribution in [2.24, 2.45) is 0 Å². The normalized spacial score (nSPS) is 10.9. The van der Waals surface area contributed by atoms with Crippen LogP contribution in [0, 0.1) is 19.7 Å². The number of carbonyl (C=O) groups is 1. The molecule has 0 aliphatic carbocycles. The first-order valence-corrected chi connectivity index (χ1v) is 8.96. The van der Waals surface area contributed by atoms with Crippen LogP contribution in [0.4, 0.5) is 10.1 Å². The Hall–Kier alpha value is -3.88. The van der Waals surface area contributed by atoms with Crippen LogP contribution < -0.4 is 5.32 Å². The first-order valence-electron chi connectivity index (χ1n) is 8.96. The van der Waals surface area contributed by atoms with Crippen LogP contribution in [0.1, 0.15) is 11.4 Å². The van der Waals surface area contributed by atoms with Crippen molar-refractivity contribution in [2.45, 2.75) is 20.4 Å². The van der Waals surface area contributed by atoms with E-state index in [1.807, 2.05) is 44.2 Å². The number of carbonyl (C=O) groups excluding carboxylic acids is 1. The standard InChI is InChI=1S/C20H18FN7O/c1-13-19(14(2)28(24-13)17-6-4-3-5-7-17)22-18(29)12-27-25-20(23-26-27)15-8-10-16(21)11-9-15/h3-11H,12H2,1-2H3,(H,22,29). The second-order valence-electron chi connectivity index (χ2n) is 6.49. The lowest BCUT2D eigenvalue weighted by Gasteiger charge is -2.06. The predicted octanol–water partition coefficient (Wildman–Crippen LogP) is 2.92. The highest BCUT2D eigenvalue weighted by Crippen LogP contribution is 2.22. The van der Waals surface area contributed by atoms with Gasteiger partial charge in [0.15, 0.2) is 0 Å². The molecule has 0 radical (unpaired) electrons. The predicted molar refractivity (Wildman–Crippen MR) is 105 cm³/mol. The van der Waals surface area contributed by atoms with Gasteiger partial charge in [0.05, 0.1) is 22.8 Å². The Balaban J connectivity index is 1.48. The molecule has 2 aromatic carbocycles. The maximum Gasteiger partial charge on any atom is 0.248 e. The molecule has 0 aliphatic heterocycles. The third-order valence-corrected chi connectivity index (χ3v) is 4.40. The van der Waals surface area contributed by atoms with Crippen LogP contribution >= 0.6 is 0 Å². The molecule has 0 fully saturated rings. The Morgan fingerprint density at radius 2 is 1.76 bits per heavy atom. The third-order valence-electron chi connectivity index (χ3n) is 4.40. The summed E-state index contributed by atoms with van der Waals surface area (Å²) in [5, 5.41) is 19.4. The number of tetrazole rings is 1. The number of anilines is 1. The number of para-hydroxylation sites is 1. The summed E-state index contributed by atoms with van der Waals surface area (Å²) < 4.78 is 14.8. The van der Waals surface area contributed by atoms with E-state index >= 15 is 0 Å². The molecular weight excluding hydrogens is 373 g/mol. The van der Waals surface area contributed by atoms with Crippen LogP contribution in [-0.2, 0) is 11.3 Å². The Labute approximate surface area is 166 Å². The summed E-state index contributed by atoms with van der Waals surface area (Å²) in [4.78, 5) is 13.7. The van der Waals surface area contributed by atoms with Gasteiger partial charge in [-0.2, -0.15) is 9.90 Å². The van der Waals surface area contributed by atoms with Gasteiger partial charge in [0.2, 0.25) is 11.7 Å². The topological polar surface area (TPSA) is 90.5 Å². The fourth-order valence-corrected chi connectivity index (χ4v) is 2.98. The number of rotatable bonds is 5. The van der Waals surface area contributed by atoms with Crippen molar-refractivity contribution in [1.29, 1.82) is 0 Å². The molecule has 29 heavy (non-hydrogen) atoms. The first kappa shape index (κ1) is 18.5. The molecule has 0 saturated carbocycles. The summed E-state index contributed by atoms with van der Waals surface area (Å²) in [7, 11) is 0. The molecule has 0 spiro atoms. The van der Waals surface area contributed by atoms with Crippen molar-refractivity contribution in [3.05, 3.63) is 71.8 Å². The average molecular weight is 391 g/mol. The molecule has 0 unspecified atom stereocenters. The summed E-state index contributed by atoms with van der Waals surface area (Å²) in [6.45, 7) is 3.62. The van der Waals surface area contributed by atoms with E-state index in [2.05, 4.69) is 25.8 Å². The molecule has 1 amide bonds. The molecule has 2 heterocycles. The number of halogens is 1. The molecule has 146 valence electrons. The van der Waals surface area contributed by atoms with Crippen molar-refractivity contribution >= 4 is 11.6 Å². The zero-order valence-corrected chi connectivity index (χ0v) is 15.9. The van der Waals surface area contributed by atoms with Crippen molar-refractivity contribution in [3.8, 4) is 17.1 Å². The molecule has 4 rings (SSSR count). The van der Waals surface area contributed by atoms with E-state index in [-0.39, 0.29) is 18.3 Å². The lowest BCUT2D eigenvalue weighted by atomic mass is 10.2. The van der Waals surface area contributed by atoms with E-state index in [4.69, 9.17) is 0 Å². The van der Waals surface area contributed by atoms with Gasteiger partial charge in [-0.1, -0.05) is 18.2 Å². The van der Waals surface area contributed by atoms with Gasteiger partial charge in [-0.25, -0.2) is 9.07 Å². The number of nitrogens with one attached hydrogen (secondary N) is 1. The van der Waals surface area contributed by atoms with E-state index in [1.54, 1.807) is 16.8 Å². The van der Waals surface area contributed by atoms with Crippen LogP contribution in [-0.4, -0.2) is 35.9 Å². The third kappa shape index (κ3) is 3.88. The van der Waals surface area contributed by atoms with Crippen molar-refractivity contribution in [1.82, 2.24) is 30.0 Å². The molecule has 8 nitrogen and oxygen atoms in total. The zero-order chi connectivity index (χ0) is 20.4. The highest BCUT2D eigenvalue weighted by Gasteiger charge is 2.16. The Bertz CT molecular complexity index is 1150. The van der Waals surface area contributed by atoms with E-state index in [0.717, 1.165) is 11.4 Å². The minimum absolute atomic E-state index is 0.108. The molecule has 0 aliphatic rings. The number of hydrogen-bond acceptors (Lipinski definition) is 5. The number of amides is 1. The quantitative estimate of drug-likeness (QED) is 0.565. The summed E-state index contributed by atoms with van der Waals surface area (Å²) >= 11 is 0. The van der Waals surface area contributed by atoms with Crippen LogP contribution in [0.3, 0.4) is 0 Å². The summed E-state index contributed by atoms with van der Waals surface area (Å²) in [6, 6.07) is 15.4. The van der Waals surface area contributed by atoms with E-state index < -0.39 is 0 Å². The minimum atomic E-state index is -0.345. The second kappa shape index (κ2) is 7.63. The van der Waals surface area contributed by atoms with E-state index in [9.17, 15) is 9.18 Å². The Morgan fingerprint density at radius 1 is 1.03 bits per heavy atom. The van der Waals surface area contributed by atoms with Crippen LogP contribution in [0.5, 0.6) is 0 Å². The van der Waals surface area contributed by atoms with E-state index in [0.29, 0.717) is 22.8 Å². The highest BCUT2D eigenvalue weighted by atomic mass is 19.1. The van der Waals surface area contributed by atoms with Crippen molar-refractivity contribution in [3.63, 3.8) is 0 Å². The minimum Gasteiger partial charge on any atom is -0.321 e. The fourth-order valence-electron chi connectivity index (χ4n) is 2.98. The smallest absolute Gasteiger partial charge is 0.248 e. The number of benzene rings is 2. The molecular formula is C20H18FN7O. The monoisotopic (exact) mass is 391 g/mol.